The molecule has 1 aliphatic carbocycles. The Bertz CT molecular complexity index is 503. The minimum absolute atomic E-state index is 0.406. The van der Waals surface area contributed by atoms with Crippen LogP contribution in [0.3, 0.4) is 0 Å². The van der Waals surface area contributed by atoms with E-state index in [2.05, 4.69) is 41.1 Å². The van der Waals surface area contributed by atoms with Gasteiger partial charge in [-0.2, -0.15) is 0 Å². The number of rotatable bonds is 3. The van der Waals surface area contributed by atoms with E-state index in [-0.39, 0.29) is 0 Å². The van der Waals surface area contributed by atoms with E-state index in [0.717, 1.165) is 6.42 Å². The lowest BCUT2D eigenvalue weighted by Gasteiger charge is -2.04. The summed E-state index contributed by atoms with van der Waals surface area (Å²) in [5, 5.41) is 0. The van der Waals surface area contributed by atoms with Crippen molar-refractivity contribution in [3.8, 4) is 0 Å². The van der Waals surface area contributed by atoms with Crippen molar-refractivity contribution >= 4 is 38.6 Å². The average molecular weight is 327 g/mol. The van der Waals surface area contributed by atoms with Gasteiger partial charge < -0.3 is 0 Å². The summed E-state index contributed by atoms with van der Waals surface area (Å²) in [5.74, 6) is 0. The first-order valence-corrected chi connectivity index (χ1v) is 8.67. The quantitative estimate of drug-likeness (QED) is 0.667. The molecule has 0 bridgehead atoms. The number of aryl methyl sites for hydroxylation is 3. The zero-order valence-corrected chi connectivity index (χ0v) is 13.1. The van der Waals surface area contributed by atoms with E-state index < -0.39 is 0 Å². The molecule has 1 aliphatic rings. The summed E-state index contributed by atoms with van der Waals surface area (Å²) in [5.41, 5.74) is 1.60. The molecule has 0 radical (unpaired) electrons. The highest BCUT2D eigenvalue weighted by atomic mass is 79.9. The predicted molar refractivity (Wildman–Crippen MR) is 80.8 cm³/mol. The van der Waals surface area contributed by atoms with Crippen LogP contribution in [-0.4, -0.2) is 0 Å². The number of alkyl halides is 1. The Morgan fingerprint density at radius 3 is 2.82 bits per heavy atom. The lowest BCUT2D eigenvalue weighted by molar-refractivity contribution is 0.913. The molecule has 0 aromatic carbocycles. The van der Waals surface area contributed by atoms with Crippen LogP contribution in [0.5, 0.6) is 0 Å². The Balaban J connectivity index is 1.87. The monoisotopic (exact) mass is 326 g/mol. The zero-order chi connectivity index (χ0) is 11.8. The summed E-state index contributed by atoms with van der Waals surface area (Å²) in [6, 6.07) is 6.95. The minimum Gasteiger partial charge on any atom is -0.144 e. The topological polar surface area (TPSA) is 0 Å². The van der Waals surface area contributed by atoms with Crippen LogP contribution in [0.25, 0.3) is 0 Å². The molecule has 3 heteroatoms. The van der Waals surface area contributed by atoms with Crippen molar-refractivity contribution < 1.29 is 0 Å². The highest BCUT2D eigenvalue weighted by molar-refractivity contribution is 9.09. The van der Waals surface area contributed by atoms with E-state index in [1.807, 2.05) is 22.7 Å². The third-order valence-corrected chi connectivity index (χ3v) is 7.49. The molecule has 1 atom stereocenters. The fraction of sp³-hybridized carbons (Fsp3) is 0.429. The van der Waals surface area contributed by atoms with Crippen molar-refractivity contribution in [2.24, 2.45) is 0 Å². The first kappa shape index (κ1) is 11.9. The van der Waals surface area contributed by atoms with Crippen molar-refractivity contribution in [1.29, 1.82) is 0 Å². The molecule has 0 N–H and O–H groups in total. The molecule has 0 aliphatic heterocycles. The number of thiophene rings is 2. The highest BCUT2D eigenvalue weighted by Gasteiger charge is 2.20. The maximum Gasteiger partial charge on any atom is 0.0831 e. The molecule has 0 amide bonds. The van der Waals surface area contributed by atoms with E-state index in [0.29, 0.717) is 4.83 Å². The Morgan fingerprint density at radius 2 is 2.12 bits per heavy atom. The number of fused-ring (bicyclic) bond motifs is 1. The molecule has 90 valence electrons. The van der Waals surface area contributed by atoms with Gasteiger partial charge >= 0.3 is 0 Å². The Morgan fingerprint density at radius 1 is 1.24 bits per heavy atom. The second-order valence-electron chi connectivity index (χ2n) is 4.47. The van der Waals surface area contributed by atoms with Gasteiger partial charge in [0.25, 0.3) is 0 Å². The van der Waals surface area contributed by atoms with Gasteiger partial charge in [0, 0.05) is 19.5 Å². The number of hydrogen-bond donors (Lipinski definition) is 0. The highest BCUT2D eigenvalue weighted by Crippen LogP contribution is 2.42. The molecular weight excluding hydrogens is 312 g/mol. The number of hydrogen-bond acceptors (Lipinski definition) is 2. The van der Waals surface area contributed by atoms with Crippen molar-refractivity contribution in [2.45, 2.75) is 37.4 Å². The van der Waals surface area contributed by atoms with Crippen molar-refractivity contribution in [3.63, 3.8) is 0 Å². The zero-order valence-electron chi connectivity index (χ0n) is 9.83. The first-order valence-electron chi connectivity index (χ1n) is 6.12. The standard InChI is InChI=1S/C14H15BrS2/c1-2-10-6-7-12(16-10)14(15)13-8-9-4-3-5-11(9)17-13/h6-8,14H,2-5H2,1H3. The van der Waals surface area contributed by atoms with Crippen molar-refractivity contribution in [3.05, 3.63) is 43.3 Å². The molecule has 0 saturated heterocycles. The molecule has 0 spiro atoms. The van der Waals surface area contributed by atoms with Gasteiger partial charge in [-0.3, -0.25) is 0 Å². The summed E-state index contributed by atoms with van der Waals surface area (Å²) in [4.78, 5) is 6.44. The summed E-state index contributed by atoms with van der Waals surface area (Å²) >= 11 is 7.80. The van der Waals surface area contributed by atoms with E-state index in [4.69, 9.17) is 0 Å². The SMILES string of the molecule is CCc1ccc(C(Br)c2cc3c(s2)CCC3)s1. The maximum atomic E-state index is 3.86. The molecule has 0 nitrogen and oxygen atoms in total. The molecule has 0 fully saturated rings. The van der Waals surface area contributed by atoms with Crippen LogP contribution in [0.4, 0.5) is 0 Å². The maximum absolute atomic E-state index is 3.86. The van der Waals surface area contributed by atoms with Crippen molar-refractivity contribution in [2.75, 3.05) is 0 Å². The van der Waals surface area contributed by atoms with Gasteiger partial charge in [0.1, 0.15) is 0 Å². The molecule has 2 aromatic heterocycles. The van der Waals surface area contributed by atoms with Crippen LogP contribution in [0, 0.1) is 0 Å². The van der Waals surface area contributed by atoms with Crippen LogP contribution < -0.4 is 0 Å². The van der Waals surface area contributed by atoms with E-state index >= 15 is 0 Å². The van der Waals surface area contributed by atoms with Gasteiger partial charge in [0.15, 0.2) is 0 Å². The van der Waals surface area contributed by atoms with Crippen LogP contribution in [-0.2, 0) is 19.3 Å². The van der Waals surface area contributed by atoms with Crippen molar-refractivity contribution in [1.82, 2.24) is 0 Å². The van der Waals surface area contributed by atoms with Gasteiger partial charge in [-0.1, -0.05) is 22.9 Å². The second-order valence-corrected chi connectivity index (χ2v) is 7.75. The van der Waals surface area contributed by atoms with Gasteiger partial charge in [-0.25, -0.2) is 0 Å². The lowest BCUT2D eigenvalue weighted by atomic mass is 10.2. The lowest BCUT2D eigenvalue weighted by Crippen LogP contribution is -1.84. The molecule has 1 unspecified atom stereocenters. The third kappa shape index (κ3) is 2.25. The summed E-state index contributed by atoms with van der Waals surface area (Å²) in [7, 11) is 0. The molecule has 17 heavy (non-hydrogen) atoms. The minimum atomic E-state index is 0.406. The summed E-state index contributed by atoms with van der Waals surface area (Å²) < 4.78 is 0. The molecule has 2 heterocycles. The smallest absolute Gasteiger partial charge is 0.0831 e. The number of halogens is 1. The molecular formula is C14H15BrS2. The summed E-state index contributed by atoms with van der Waals surface area (Å²) in [6.07, 6.45) is 5.08. The third-order valence-electron chi connectivity index (χ3n) is 3.30. The van der Waals surface area contributed by atoms with Crippen LogP contribution >= 0.6 is 38.6 Å². The van der Waals surface area contributed by atoms with Crippen LogP contribution in [0.2, 0.25) is 0 Å². The Kier molecular flexibility index (Phi) is 3.42. The van der Waals surface area contributed by atoms with Gasteiger partial charge in [-0.15, -0.1) is 22.7 Å². The second kappa shape index (κ2) is 4.87. The van der Waals surface area contributed by atoms with Gasteiger partial charge in [-0.05, 0) is 49.4 Å². The van der Waals surface area contributed by atoms with Crippen LogP contribution in [0.1, 0.15) is 43.2 Å². The largest absolute Gasteiger partial charge is 0.144 e. The Hall–Kier alpha value is -0.120. The fourth-order valence-electron chi connectivity index (χ4n) is 2.34. The fourth-order valence-corrected chi connectivity index (χ4v) is 5.46. The first-order chi connectivity index (χ1) is 8.28. The van der Waals surface area contributed by atoms with Gasteiger partial charge in [0.05, 0.1) is 4.83 Å². The molecule has 0 saturated carbocycles. The molecule has 2 aromatic rings. The Labute approximate surface area is 119 Å². The predicted octanol–water partition coefficient (Wildman–Crippen LogP) is 5.35. The van der Waals surface area contributed by atoms with Crippen LogP contribution in [0.15, 0.2) is 18.2 Å². The van der Waals surface area contributed by atoms with E-state index in [9.17, 15) is 0 Å². The van der Waals surface area contributed by atoms with Gasteiger partial charge in [0.2, 0.25) is 0 Å². The van der Waals surface area contributed by atoms with E-state index in [1.54, 1.807) is 10.4 Å². The molecule has 3 rings (SSSR count). The van der Waals surface area contributed by atoms with E-state index in [1.165, 1.54) is 33.9 Å². The normalized spacial score (nSPS) is 16.1. The summed E-state index contributed by atoms with van der Waals surface area (Å²) in [6.45, 7) is 2.22. The average Bonchev–Trinajstić information content (AvgIpc) is 3.02.